The van der Waals surface area contributed by atoms with Crippen LogP contribution in [0.2, 0.25) is 19.6 Å². The summed E-state index contributed by atoms with van der Waals surface area (Å²) in [5, 5.41) is 0. The minimum absolute atomic E-state index is 0.289. The van der Waals surface area contributed by atoms with Crippen LogP contribution < -0.4 is 0 Å². The largest absolute Gasteiger partial charge is 0.356 e. The van der Waals surface area contributed by atoms with Crippen molar-refractivity contribution in [2.45, 2.75) is 76.7 Å². The summed E-state index contributed by atoms with van der Waals surface area (Å²) in [6.07, 6.45) is 6.16. The molecule has 0 unspecified atom stereocenters. The number of rotatable bonds is 2. The van der Waals surface area contributed by atoms with E-state index in [2.05, 4.69) is 65.0 Å². The number of halogens is 1. The SMILES string of the molecule is CC1(C)O[C@@H](C#CCOCC#C[Si](C)(C)C)[C@]2(CCCCC=C2Br)O1. The zero-order chi connectivity index (χ0) is 18.6. The molecule has 2 aliphatic rings. The molecule has 2 rings (SSSR count). The third-order valence-corrected chi connectivity index (χ3v) is 5.95. The predicted octanol–water partition coefficient (Wildman–Crippen LogP) is 4.63. The monoisotopic (exact) mass is 424 g/mol. The van der Waals surface area contributed by atoms with Gasteiger partial charge in [-0.25, -0.2) is 0 Å². The highest BCUT2D eigenvalue weighted by molar-refractivity contribution is 9.11. The van der Waals surface area contributed by atoms with E-state index in [0.717, 1.165) is 23.7 Å². The maximum Gasteiger partial charge on any atom is 0.166 e. The third-order valence-electron chi connectivity index (χ3n) is 4.03. The van der Waals surface area contributed by atoms with Crippen molar-refractivity contribution in [1.82, 2.24) is 0 Å². The Morgan fingerprint density at radius 1 is 1.24 bits per heavy atom. The lowest BCUT2D eigenvalue weighted by Gasteiger charge is -2.30. The topological polar surface area (TPSA) is 27.7 Å². The lowest BCUT2D eigenvalue weighted by atomic mass is 9.91. The van der Waals surface area contributed by atoms with E-state index in [9.17, 15) is 0 Å². The van der Waals surface area contributed by atoms with Crippen LogP contribution >= 0.6 is 15.9 Å². The molecule has 0 amide bonds. The Kier molecular flexibility index (Phi) is 6.99. The van der Waals surface area contributed by atoms with Crippen LogP contribution in [0, 0.1) is 23.3 Å². The molecule has 1 spiro atoms. The number of hydrogen-bond acceptors (Lipinski definition) is 3. The van der Waals surface area contributed by atoms with Crippen LogP contribution in [-0.2, 0) is 14.2 Å². The summed E-state index contributed by atoms with van der Waals surface area (Å²) in [4.78, 5) is 0. The molecule has 1 aliphatic heterocycles. The predicted molar refractivity (Wildman–Crippen MR) is 108 cm³/mol. The smallest absolute Gasteiger partial charge is 0.166 e. The van der Waals surface area contributed by atoms with Crippen molar-refractivity contribution >= 4 is 24.0 Å². The Labute approximate surface area is 162 Å². The van der Waals surface area contributed by atoms with Crippen molar-refractivity contribution in [2.75, 3.05) is 13.2 Å². The van der Waals surface area contributed by atoms with Gasteiger partial charge < -0.3 is 14.2 Å². The van der Waals surface area contributed by atoms with Gasteiger partial charge in [0.25, 0.3) is 0 Å². The van der Waals surface area contributed by atoms with Crippen LogP contribution in [0.1, 0.15) is 39.5 Å². The van der Waals surface area contributed by atoms with Crippen LogP contribution in [0.25, 0.3) is 0 Å². The minimum atomic E-state index is -1.33. The molecule has 0 saturated carbocycles. The summed E-state index contributed by atoms with van der Waals surface area (Å²) in [5.41, 5.74) is 2.79. The quantitative estimate of drug-likeness (QED) is 0.367. The van der Waals surface area contributed by atoms with Gasteiger partial charge in [-0.3, -0.25) is 0 Å². The zero-order valence-corrected chi connectivity index (χ0v) is 18.6. The first kappa shape index (κ1) is 20.7. The molecule has 0 N–H and O–H groups in total. The fraction of sp³-hybridized carbons (Fsp3) is 0.700. The molecule has 25 heavy (non-hydrogen) atoms. The Bertz CT molecular complexity index is 627. The molecular formula is C20H29BrO3Si. The van der Waals surface area contributed by atoms with Gasteiger partial charge in [0.1, 0.15) is 26.9 Å². The second-order valence-corrected chi connectivity index (χ2v) is 13.7. The average Bonchev–Trinajstić information content (AvgIpc) is 2.62. The van der Waals surface area contributed by atoms with E-state index in [1.54, 1.807) is 0 Å². The van der Waals surface area contributed by atoms with E-state index in [1.807, 2.05) is 13.8 Å². The van der Waals surface area contributed by atoms with E-state index in [1.165, 1.54) is 6.42 Å². The molecule has 138 valence electrons. The van der Waals surface area contributed by atoms with Crippen molar-refractivity contribution in [3.05, 3.63) is 10.6 Å². The number of ether oxygens (including phenoxy) is 3. The van der Waals surface area contributed by atoms with Crippen LogP contribution in [-0.4, -0.2) is 38.8 Å². The standard InChI is InChI=1S/C20H29BrO3Si/c1-19(2)23-18(12-9-14-22-15-10-16-25(3,4)5)20(24-19)13-8-6-7-11-17(20)21/h11,18H,6-8,13-15H2,1-5H3/t18-,20+/m0/s1. The highest BCUT2D eigenvalue weighted by Gasteiger charge is 2.54. The maximum atomic E-state index is 6.32. The summed E-state index contributed by atoms with van der Waals surface area (Å²) >= 11 is 3.72. The summed E-state index contributed by atoms with van der Waals surface area (Å²) in [5.74, 6) is 8.77. The summed E-state index contributed by atoms with van der Waals surface area (Å²) in [6, 6.07) is 0. The Morgan fingerprint density at radius 3 is 2.68 bits per heavy atom. The maximum absolute atomic E-state index is 6.32. The van der Waals surface area contributed by atoms with Gasteiger partial charge in [0.2, 0.25) is 0 Å². The fourth-order valence-corrected chi connectivity index (χ4v) is 4.36. The van der Waals surface area contributed by atoms with Crippen LogP contribution in [0.5, 0.6) is 0 Å². The van der Waals surface area contributed by atoms with Gasteiger partial charge >= 0.3 is 0 Å². The lowest BCUT2D eigenvalue weighted by molar-refractivity contribution is -0.155. The first-order valence-electron chi connectivity index (χ1n) is 8.95. The third kappa shape index (κ3) is 5.98. The van der Waals surface area contributed by atoms with Crippen molar-refractivity contribution in [3.63, 3.8) is 0 Å². The molecule has 1 aliphatic carbocycles. The molecule has 0 aromatic heterocycles. The molecule has 0 radical (unpaired) electrons. The van der Waals surface area contributed by atoms with Crippen LogP contribution in [0.15, 0.2) is 10.6 Å². The van der Waals surface area contributed by atoms with Gasteiger partial charge in [-0.1, -0.05) is 59.4 Å². The fourth-order valence-electron chi connectivity index (χ4n) is 3.04. The van der Waals surface area contributed by atoms with Gasteiger partial charge in [0, 0.05) is 4.48 Å². The molecule has 1 fully saturated rings. The highest BCUT2D eigenvalue weighted by Crippen LogP contribution is 2.47. The number of hydrogen-bond donors (Lipinski definition) is 0. The van der Waals surface area contributed by atoms with Crippen LogP contribution in [0.3, 0.4) is 0 Å². The van der Waals surface area contributed by atoms with E-state index >= 15 is 0 Å². The Morgan fingerprint density at radius 2 is 1.96 bits per heavy atom. The summed E-state index contributed by atoms with van der Waals surface area (Å²) in [7, 11) is -1.33. The van der Waals surface area contributed by atoms with E-state index in [0.29, 0.717) is 13.2 Å². The van der Waals surface area contributed by atoms with Gasteiger partial charge in [-0.2, -0.15) is 0 Å². The summed E-state index contributed by atoms with van der Waals surface area (Å²) < 4.78 is 19.0. The molecule has 0 bridgehead atoms. The molecule has 2 atom stereocenters. The summed E-state index contributed by atoms with van der Waals surface area (Å²) in [6.45, 7) is 11.3. The second kappa shape index (κ2) is 8.42. The molecule has 1 saturated heterocycles. The number of allylic oxidation sites excluding steroid dienone is 1. The van der Waals surface area contributed by atoms with Crippen LogP contribution in [0.4, 0.5) is 0 Å². The van der Waals surface area contributed by atoms with Crippen molar-refractivity contribution in [1.29, 1.82) is 0 Å². The molecule has 1 heterocycles. The lowest BCUT2D eigenvalue weighted by Crippen LogP contribution is -2.39. The van der Waals surface area contributed by atoms with E-state index in [-0.39, 0.29) is 6.10 Å². The Balaban J connectivity index is 2.01. The van der Waals surface area contributed by atoms with Crippen molar-refractivity contribution in [3.8, 4) is 23.3 Å². The van der Waals surface area contributed by atoms with E-state index in [4.69, 9.17) is 14.2 Å². The van der Waals surface area contributed by atoms with Crippen molar-refractivity contribution in [2.24, 2.45) is 0 Å². The van der Waals surface area contributed by atoms with E-state index < -0.39 is 19.5 Å². The minimum Gasteiger partial charge on any atom is -0.356 e. The van der Waals surface area contributed by atoms with Gasteiger partial charge in [0.05, 0.1) is 0 Å². The average molecular weight is 425 g/mol. The molecule has 0 aromatic carbocycles. The Hall–Kier alpha value is -0.563. The molecular weight excluding hydrogens is 396 g/mol. The second-order valence-electron chi connectivity index (χ2n) is 8.05. The molecule has 3 nitrogen and oxygen atoms in total. The molecule has 5 heteroatoms. The van der Waals surface area contributed by atoms with Gasteiger partial charge in [-0.15, -0.1) is 5.54 Å². The first-order valence-corrected chi connectivity index (χ1v) is 13.2. The first-order chi connectivity index (χ1) is 11.6. The normalized spacial score (nSPS) is 28.4. The van der Waals surface area contributed by atoms with Crippen molar-refractivity contribution < 1.29 is 14.2 Å². The van der Waals surface area contributed by atoms with Gasteiger partial charge in [-0.05, 0) is 39.5 Å². The molecule has 0 aromatic rings. The van der Waals surface area contributed by atoms with Gasteiger partial charge in [0.15, 0.2) is 11.9 Å². The highest BCUT2D eigenvalue weighted by atomic mass is 79.9. The zero-order valence-electron chi connectivity index (χ0n) is 16.0.